The molecular formula is C4H14Al3N. The molecule has 0 aliphatic rings. The summed E-state index contributed by atoms with van der Waals surface area (Å²) < 4.78 is 3.28. The lowest BCUT2D eigenvalue weighted by molar-refractivity contribution is 0.729. The van der Waals surface area contributed by atoms with Gasteiger partial charge < -0.3 is 1.85 Å². The molecule has 0 heterocycles. The first kappa shape index (κ1) is 9.56. The summed E-state index contributed by atoms with van der Waals surface area (Å²) in [5.74, 6) is 0. The Kier molecular flexibility index (Phi) is 4.37. The molecule has 0 atom stereocenters. The molecule has 0 fully saturated rings. The maximum atomic E-state index is 2.62. The normalized spacial score (nSPS) is 12.0. The Morgan fingerprint density at radius 3 is 1.62 bits per heavy atom. The molecule has 0 N–H and O–H groups in total. The van der Waals surface area contributed by atoms with Crippen molar-refractivity contribution in [2.75, 3.05) is 0 Å². The fourth-order valence-electron chi connectivity index (χ4n) is 0.949. The first-order valence-electron chi connectivity index (χ1n) is 3.06. The van der Waals surface area contributed by atoms with Crippen molar-refractivity contribution in [1.29, 1.82) is 0 Å². The van der Waals surface area contributed by atoms with Gasteiger partial charge in [0.1, 0.15) is 0 Å². The first-order chi connectivity index (χ1) is 3.42. The van der Waals surface area contributed by atoms with Gasteiger partial charge in [-0.1, -0.05) is 25.0 Å². The van der Waals surface area contributed by atoms with Crippen LogP contribution >= 0.6 is 0 Å². The molecule has 0 unspecified atom stereocenters. The highest BCUT2D eigenvalue weighted by Crippen LogP contribution is 2.19. The molecule has 0 bridgehead atoms. The van der Waals surface area contributed by atoms with Crippen LogP contribution in [0, 0.1) is 0 Å². The van der Waals surface area contributed by atoms with Crippen molar-refractivity contribution >= 4 is 48.5 Å². The van der Waals surface area contributed by atoms with Crippen LogP contribution in [0.25, 0.3) is 0 Å². The Morgan fingerprint density at radius 1 is 1.25 bits per heavy atom. The summed E-state index contributed by atoms with van der Waals surface area (Å²) in [5.41, 5.74) is 0. The topological polar surface area (TPSA) is 3.24 Å². The predicted octanol–water partition coefficient (Wildman–Crippen LogP) is -1.05. The summed E-state index contributed by atoms with van der Waals surface area (Å²) in [5, 5.41) is 0. The van der Waals surface area contributed by atoms with E-state index in [0.29, 0.717) is 4.28 Å². The van der Waals surface area contributed by atoms with Gasteiger partial charge in [0.15, 0.2) is 0 Å². The fourth-order valence-corrected chi connectivity index (χ4v) is 8.54. The van der Waals surface area contributed by atoms with E-state index in [4.69, 9.17) is 0 Å². The zero-order chi connectivity index (χ0) is 6.78. The smallest absolute Gasteiger partial charge is 0.308 e. The Morgan fingerprint density at radius 2 is 1.62 bits per heavy atom. The predicted molar refractivity (Wildman–Crippen MR) is 45.8 cm³/mol. The van der Waals surface area contributed by atoms with Crippen LogP contribution in [0.15, 0.2) is 0 Å². The third-order valence-corrected chi connectivity index (χ3v) is 4.27. The third kappa shape index (κ3) is 7.56. The molecule has 0 saturated heterocycles. The molecule has 0 aliphatic heterocycles. The second-order valence-corrected chi connectivity index (χ2v) is 14.9. The zero-order valence-corrected chi connectivity index (χ0v) is 12.1. The fraction of sp³-hybridized carbons (Fsp3) is 1.00. The summed E-state index contributed by atoms with van der Waals surface area (Å²) in [4.78, 5) is 0. The van der Waals surface area contributed by atoms with E-state index in [1.54, 1.807) is 0 Å². The van der Waals surface area contributed by atoms with E-state index in [1.165, 1.54) is 33.0 Å². The SMILES string of the molecule is C[C](C)(C)[AlH][N]([AlH2])[AlH2]. The minimum atomic E-state index is 0.141. The Balaban J connectivity index is 3.39. The van der Waals surface area contributed by atoms with Crippen molar-refractivity contribution in [1.82, 2.24) is 1.85 Å². The summed E-state index contributed by atoms with van der Waals surface area (Å²) in [6, 6.07) is 0. The highest BCUT2D eigenvalue weighted by molar-refractivity contribution is 6.54. The molecule has 0 aliphatic carbocycles. The van der Waals surface area contributed by atoms with Gasteiger partial charge in [0.25, 0.3) is 33.0 Å². The average molecular weight is 157 g/mol. The van der Waals surface area contributed by atoms with E-state index in [0.717, 1.165) is 0 Å². The quantitative estimate of drug-likeness (QED) is 0.439. The largest absolute Gasteiger partial charge is 0.572 e. The highest BCUT2D eigenvalue weighted by atomic mass is 27.2. The summed E-state index contributed by atoms with van der Waals surface area (Å²) in [6.45, 7) is 7.05. The van der Waals surface area contributed by atoms with Gasteiger partial charge in [-0.2, -0.15) is 0 Å². The van der Waals surface area contributed by atoms with Gasteiger partial charge >= 0.3 is 15.4 Å². The lowest BCUT2D eigenvalue weighted by atomic mass is 10.2. The Labute approximate surface area is 75.0 Å². The van der Waals surface area contributed by atoms with Crippen molar-refractivity contribution in [2.45, 2.75) is 25.0 Å². The van der Waals surface area contributed by atoms with Crippen molar-refractivity contribution in [3.8, 4) is 0 Å². The molecule has 0 amide bonds. The molecule has 1 nitrogen and oxygen atoms in total. The van der Waals surface area contributed by atoms with E-state index in [2.05, 4.69) is 22.6 Å². The first-order valence-corrected chi connectivity index (χ1v) is 6.19. The number of rotatable bonds is 1. The lowest BCUT2D eigenvalue weighted by Gasteiger charge is -2.21. The molecule has 0 spiro atoms. The monoisotopic (exact) mass is 157 g/mol. The standard InChI is InChI=1S/C4H9.3Al.N.5H/c1-4(2)3;;;;;;;;;/h1-3H3;;;;;;;;;. The molecule has 0 aromatic carbocycles. The second-order valence-electron chi connectivity index (χ2n) is 3.80. The van der Waals surface area contributed by atoms with Crippen molar-refractivity contribution in [3.05, 3.63) is 0 Å². The van der Waals surface area contributed by atoms with Crippen LogP contribution in [-0.2, 0) is 0 Å². The highest BCUT2D eigenvalue weighted by Gasteiger charge is 2.13. The number of hydrogen-bond donors (Lipinski definition) is 0. The van der Waals surface area contributed by atoms with E-state index in [9.17, 15) is 0 Å². The van der Waals surface area contributed by atoms with Crippen LogP contribution in [0.1, 0.15) is 20.8 Å². The average Bonchev–Trinajstić information content (AvgIpc) is 1.21. The van der Waals surface area contributed by atoms with Gasteiger partial charge in [0, 0.05) is 0 Å². The van der Waals surface area contributed by atoms with Crippen LogP contribution < -0.4 is 0 Å². The summed E-state index contributed by atoms with van der Waals surface area (Å²) in [7, 11) is 0. The van der Waals surface area contributed by atoms with Gasteiger partial charge in [0.2, 0.25) is 0 Å². The molecule has 0 rings (SSSR count). The third-order valence-electron chi connectivity index (χ3n) is 0.791. The minimum Gasteiger partial charge on any atom is -0.572 e. The van der Waals surface area contributed by atoms with Gasteiger partial charge in [-0.25, -0.2) is 0 Å². The maximum Gasteiger partial charge on any atom is 0.308 e. The molecule has 44 valence electrons. The van der Waals surface area contributed by atoms with Crippen LogP contribution in [-0.4, -0.2) is 50.3 Å². The van der Waals surface area contributed by atoms with E-state index in [1.807, 2.05) is 0 Å². The minimum absolute atomic E-state index is 0.141. The van der Waals surface area contributed by atoms with Gasteiger partial charge in [-0.3, -0.25) is 0 Å². The summed E-state index contributed by atoms with van der Waals surface area (Å²) >= 11 is 2.75. The van der Waals surface area contributed by atoms with Crippen LogP contribution in [0.3, 0.4) is 0 Å². The molecular weight excluding hydrogens is 143 g/mol. The molecule has 0 saturated carbocycles. The van der Waals surface area contributed by atoms with Crippen molar-refractivity contribution < 1.29 is 0 Å². The Hall–Kier alpha value is 1.56. The summed E-state index contributed by atoms with van der Waals surface area (Å²) in [6.07, 6.45) is 0. The molecule has 8 heavy (non-hydrogen) atoms. The number of hydrogen-bond acceptors (Lipinski definition) is 1. The molecule has 4 heteroatoms. The zero-order valence-electron chi connectivity index (χ0n) is 6.65. The number of nitrogens with zero attached hydrogens (tertiary/aromatic N) is 1. The van der Waals surface area contributed by atoms with Gasteiger partial charge in [-0.15, -0.1) is 0 Å². The maximum absolute atomic E-state index is 2.62. The van der Waals surface area contributed by atoms with Gasteiger partial charge in [0.05, 0.1) is 0 Å². The van der Waals surface area contributed by atoms with Crippen molar-refractivity contribution in [3.63, 3.8) is 0 Å². The van der Waals surface area contributed by atoms with E-state index in [-0.39, 0.29) is 15.4 Å². The molecule has 0 radical (unpaired) electrons. The molecule has 0 aromatic rings. The van der Waals surface area contributed by atoms with E-state index < -0.39 is 0 Å². The van der Waals surface area contributed by atoms with E-state index >= 15 is 0 Å². The van der Waals surface area contributed by atoms with Crippen LogP contribution in [0.4, 0.5) is 0 Å². The lowest BCUT2D eigenvalue weighted by Crippen LogP contribution is -2.28. The van der Waals surface area contributed by atoms with Crippen LogP contribution in [0.5, 0.6) is 0 Å². The second kappa shape index (κ2) is 3.66. The van der Waals surface area contributed by atoms with Crippen LogP contribution in [0.2, 0.25) is 4.28 Å². The molecule has 0 aromatic heterocycles. The Bertz CT molecular complexity index is 66.2. The van der Waals surface area contributed by atoms with Crippen molar-refractivity contribution in [2.24, 2.45) is 0 Å². The van der Waals surface area contributed by atoms with Gasteiger partial charge in [-0.05, 0) is 0 Å².